The Hall–Kier alpha value is -0.640. The van der Waals surface area contributed by atoms with Gasteiger partial charge in [0.15, 0.2) is 0 Å². The van der Waals surface area contributed by atoms with E-state index in [0.717, 1.165) is 30.4 Å². The fourth-order valence-electron chi connectivity index (χ4n) is 2.68. The molecule has 3 heteroatoms. The zero-order valence-corrected chi connectivity index (χ0v) is 13.4. The summed E-state index contributed by atoms with van der Waals surface area (Å²) in [5.74, 6) is 0. The van der Waals surface area contributed by atoms with E-state index in [9.17, 15) is 0 Å². The molecular weight excluding hydrogens is 300 g/mol. The van der Waals surface area contributed by atoms with Gasteiger partial charge in [-0.3, -0.25) is 4.90 Å². The molecule has 19 heavy (non-hydrogen) atoms. The molecule has 2 nitrogen and oxygen atoms in total. The maximum atomic E-state index is 6.40. The molecule has 0 aliphatic carbocycles. The average Bonchev–Trinajstić information content (AvgIpc) is 2.43. The van der Waals surface area contributed by atoms with Crippen molar-refractivity contribution in [2.24, 2.45) is 5.73 Å². The predicted octanol–water partition coefficient (Wildman–Crippen LogP) is 3.88. The van der Waals surface area contributed by atoms with Crippen LogP contribution in [0.5, 0.6) is 0 Å². The Kier molecular flexibility index (Phi) is 5.20. The van der Waals surface area contributed by atoms with Gasteiger partial charge < -0.3 is 5.73 Å². The van der Waals surface area contributed by atoms with Crippen molar-refractivity contribution in [2.45, 2.75) is 38.8 Å². The zero-order chi connectivity index (χ0) is 13.8. The number of benzene rings is 1. The minimum Gasteiger partial charge on any atom is -0.326 e. The molecule has 0 spiro atoms. The van der Waals surface area contributed by atoms with Crippen molar-refractivity contribution in [1.29, 1.82) is 0 Å². The number of hydrogen-bond donors (Lipinski definition) is 1. The van der Waals surface area contributed by atoms with E-state index in [2.05, 4.69) is 65.0 Å². The minimum atomic E-state index is 0.172. The summed E-state index contributed by atoms with van der Waals surface area (Å²) in [5, 5.41) is 0. The van der Waals surface area contributed by atoms with Gasteiger partial charge >= 0.3 is 0 Å². The number of nitrogens with two attached hydrogens (primary N) is 1. The Morgan fingerprint density at radius 3 is 2.68 bits per heavy atom. The molecule has 1 aromatic carbocycles. The van der Waals surface area contributed by atoms with E-state index in [-0.39, 0.29) is 6.04 Å². The molecule has 1 aliphatic heterocycles. The molecule has 0 aromatic heterocycles. The topological polar surface area (TPSA) is 29.3 Å². The van der Waals surface area contributed by atoms with Crippen molar-refractivity contribution in [2.75, 3.05) is 13.1 Å². The SMILES string of the molecule is CCC(N)C(c1ccccc1Br)N1CC=C(C)CC1. The van der Waals surface area contributed by atoms with Crippen LogP contribution < -0.4 is 5.73 Å². The van der Waals surface area contributed by atoms with Gasteiger partial charge in [0.05, 0.1) is 6.04 Å². The highest BCUT2D eigenvalue weighted by Crippen LogP contribution is 2.32. The maximum absolute atomic E-state index is 6.40. The first-order chi connectivity index (χ1) is 9.13. The predicted molar refractivity (Wildman–Crippen MR) is 85.1 cm³/mol. The highest BCUT2D eigenvalue weighted by molar-refractivity contribution is 9.10. The van der Waals surface area contributed by atoms with Crippen LogP contribution in [0.4, 0.5) is 0 Å². The zero-order valence-electron chi connectivity index (χ0n) is 11.8. The maximum Gasteiger partial charge on any atom is 0.0513 e. The van der Waals surface area contributed by atoms with E-state index >= 15 is 0 Å². The van der Waals surface area contributed by atoms with E-state index in [0.29, 0.717) is 6.04 Å². The molecule has 2 atom stereocenters. The summed E-state index contributed by atoms with van der Waals surface area (Å²) in [6.45, 7) is 6.48. The summed E-state index contributed by atoms with van der Waals surface area (Å²) in [7, 11) is 0. The van der Waals surface area contributed by atoms with Gasteiger partial charge in [-0.25, -0.2) is 0 Å². The Bertz CT molecular complexity index is 456. The van der Waals surface area contributed by atoms with Gasteiger partial charge in [0.1, 0.15) is 0 Å². The van der Waals surface area contributed by atoms with Crippen LogP contribution in [0.2, 0.25) is 0 Å². The molecule has 0 radical (unpaired) electrons. The molecule has 1 heterocycles. The van der Waals surface area contributed by atoms with E-state index in [1.807, 2.05) is 0 Å². The molecule has 2 N–H and O–H groups in total. The summed E-state index contributed by atoms with van der Waals surface area (Å²) < 4.78 is 1.16. The standard InChI is InChI=1S/C16H23BrN2/c1-3-15(18)16(13-6-4-5-7-14(13)17)19-10-8-12(2)9-11-19/h4-8,15-16H,3,9-11,18H2,1-2H3. The second kappa shape index (κ2) is 6.69. The summed E-state index contributed by atoms with van der Waals surface area (Å²) in [6.07, 6.45) is 4.47. The van der Waals surface area contributed by atoms with Gasteiger partial charge in [-0.05, 0) is 31.4 Å². The third-order valence-electron chi connectivity index (χ3n) is 3.96. The minimum absolute atomic E-state index is 0.172. The first-order valence-electron chi connectivity index (χ1n) is 7.03. The van der Waals surface area contributed by atoms with Crippen LogP contribution in [0.3, 0.4) is 0 Å². The molecule has 2 rings (SSSR count). The third kappa shape index (κ3) is 3.47. The molecule has 0 fully saturated rings. The Balaban J connectivity index is 2.29. The Morgan fingerprint density at radius 2 is 2.11 bits per heavy atom. The molecule has 0 bridgehead atoms. The van der Waals surface area contributed by atoms with Gasteiger partial charge in [-0.15, -0.1) is 0 Å². The molecule has 0 amide bonds. The Morgan fingerprint density at radius 1 is 1.37 bits per heavy atom. The lowest BCUT2D eigenvalue weighted by Crippen LogP contribution is -2.42. The van der Waals surface area contributed by atoms with Crippen molar-refractivity contribution < 1.29 is 0 Å². The fraction of sp³-hybridized carbons (Fsp3) is 0.500. The van der Waals surface area contributed by atoms with Crippen LogP contribution in [0.25, 0.3) is 0 Å². The van der Waals surface area contributed by atoms with Gasteiger partial charge in [0, 0.05) is 23.6 Å². The average molecular weight is 323 g/mol. The Labute approximate surface area is 124 Å². The van der Waals surface area contributed by atoms with Crippen LogP contribution in [-0.2, 0) is 0 Å². The van der Waals surface area contributed by atoms with Crippen molar-refractivity contribution in [3.8, 4) is 0 Å². The van der Waals surface area contributed by atoms with Crippen LogP contribution in [0.15, 0.2) is 40.4 Å². The van der Waals surface area contributed by atoms with E-state index in [4.69, 9.17) is 5.73 Å². The molecular formula is C16H23BrN2. The van der Waals surface area contributed by atoms with E-state index < -0.39 is 0 Å². The van der Waals surface area contributed by atoms with Gasteiger partial charge in [-0.1, -0.05) is 52.7 Å². The monoisotopic (exact) mass is 322 g/mol. The molecule has 0 saturated heterocycles. The van der Waals surface area contributed by atoms with Crippen LogP contribution in [-0.4, -0.2) is 24.0 Å². The lowest BCUT2D eigenvalue weighted by molar-refractivity contribution is 0.181. The van der Waals surface area contributed by atoms with Gasteiger partial charge in [-0.2, -0.15) is 0 Å². The van der Waals surface area contributed by atoms with Crippen LogP contribution >= 0.6 is 15.9 Å². The molecule has 1 aromatic rings. The first kappa shape index (κ1) is 14.8. The normalized spacial score (nSPS) is 19.9. The molecule has 2 unspecified atom stereocenters. The van der Waals surface area contributed by atoms with E-state index in [1.54, 1.807) is 0 Å². The summed E-state index contributed by atoms with van der Waals surface area (Å²) in [6, 6.07) is 8.92. The summed E-state index contributed by atoms with van der Waals surface area (Å²) in [5.41, 5.74) is 9.20. The second-order valence-corrected chi connectivity index (χ2v) is 6.19. The molecule has 1 aliphatic rings. The van der Waals surface area contributed by atoms with E-state index in [1.165, 1.54) is 11.1 Å². The van der Waals surface area contributed by atoms with Crippen molar-refractivity contribution in [3.63, 3.8) is 0 Å². The smallest absolute Gasteiger partial charge is 0.0513 e. The van der Waals surface area contributed by atoms with Crippen LogP contribution in [0.1, 0.15) is 38.3 Å². The van der Waals surface area contributed by atoms with Gasteiger partial charge in [0.25, 0.3) is 0 Å². The molecule has 104 valence electrons. The lowest BCUT2D eigenvalue weighted by atomic mass is 9.94. The first-order valence-corrected chi connectivity index (χ1v) is 7.82. The highest BCUT2D eigenvalue weighted by atomic mass is 79.9. The highest BCUT2D eigenvalue weighted by Gasteiger charge is 2.27. The summed E-state index contributed by atoms with van der Waals surface area (Å²) in [4.78, 5) is 2.50. The summed E-state index contributed by atoms with van der Waals surface area (Å²) >= 11 is 3.68. The second-order valence-electron chi connectivity index (χ2n) is 5.33. The quantitative estimate of drug-likeness (QED) is 0.852. The third-order valence-corrected chi connectivity index (χ3v) is 4.68. The van der Waals surface area contributed by atoms with Crippen LogP contribution in [0, 0.1) is 0 Å². The number of nitrogens with zero attached hydrogens (tertiary/aromatic N) is 1. The fourth-order valence-corrected chi connectivity index (χ4v) is 3.19. The van der Waals surface area contributed by atoms with Crippen molar-refractivity contribution in [3.05, 3.63) is 46.0 Å². The number of rotatable bonds is 4. The number of halogens is 1. The molecule has 0 saturated carbocycles. The van der Waals surface area contributed by atoms with Crippen molar-refractivity contribution in [1.82, 2.24) is 4.90 Å². The largest absolute Gasteiger partial charge is 0.326 e. The lowest BCUT2D eigenvalue weighted by Gasteiger charge is -2.37. The van der Waals surface area contributed by atoms with Gasteiger partial charge in [0.2, 0.25) is 0 Å². The number of hydrogen-bond acceptors (Lipinski definition) is 2. The van der Waals surface area contributed by atoms with Crippen molar-refractivity contribution >= 4 is 15.9 Å².